The van der Waals surface area contributed by atoms with Crippen molar-refractivity contribution in [3.05, 3.63) is 78.1 Å². The third-order valence-electron chi connectivity index (χ3n) is 4.31. The first-order valence-corrected chi connectivity index (χ1v) is 8.10. The summed E-state index contributed by atoms with van der Waals surface area (Å²) < 4.78 is 1.68. The summed E-state index contributed by atoms with van der Waals surface area (Å²) in [5.74, 6) is -1.58. The van der Waals surface area contributed by atoms with Crippen molar-refractivity contribution in [2.24, 2.45) is 7.05 Å². The molecule has 6 heteroatoms. The molecule has 0 aliphatic carbocycles. The first-order valence-electron chi connectivity index (χ1n) is 8.10. The number of hydrogen-bond donors (Lipinski definition) is 2. The molecule has 1 aromatic heterocycles. The largest absolute Gasteiger partial charge is 0.479 e. The van der Waals surface area contributed by atoms with E-state index >= 15 is 0 Å². The average Bonchev–Trinajstić information content (AvgIpc) is 3.08. The fourth-order valence-corrected chi connectivity index (χ4v) is 2.73. The van der Waals surface area contributed by atoms with Gasteiger partial charge < -0.3 is 10.4 Å². The molecule has 1 atom stereocenters. The quantitative estimate of drug-likeness (QED) is 0.742. The predicted octanol–water partition coefficient (Wildman–Crippen LogP) is 2.82. The molecule has 0 saturated carbocycles. The minimum Gasteiger partial charge on any atom is -0.479 e. The normalized spacial score (nSPS) is 13.0. The van der Waals surface area contributed by atoms with Crippen LogP contribution < -0.4 is 5.32 Å². The van der Waals surface area contributed by atoms with Crippen molar-refractivity contribution < 1.29 is 14.7 Å². The molecule has 26 heavy (non-hydrogen) atoms. The van der Waals surface area contributed by atoms with Gasteiger partial charge in [-0.2, -0.15) is 5.10 Å². The summed E-state index contributed by atoms with van der Waals surface area (Å²) in [5.41, 5.74) is 1.08. The van der Waals surface area contributed by atoms with Gasteiger partial charge in [0.15, 0.2) is 5.54 Å². The lowest BCUT2D eigenvalue weighted by molar-refractivity contribution is -0.144. The smallest absolute Gasteiger partial charge is 0.333 e. The summed E-state index contributed by atoms with van der Waals surface area (Å²) in [4.78, 5) is 24.6. The average molecular weight is 349 g/mol. The lowest BCUT2D eigenvalue weighted by atomic mass is 9.91. The number of carboxylic acids is 1. The van der Waals surface area contributed by atoms with Gasteiger partial charge in [0.25, 0.3) is 5.91 Å². The molecule has 6 nitrogen and oxygen atoms in total. The highest BCUT2D eigenvalue weighted by atomic mass is 16.4. The molecule has 0 aliphatic rings. The van der Waals surface area contributed by atoms with Crippen LogP contribution in [0.15, 0.2) is 67.0 Å². The zero-order valence-corrected chi connectivity index (χ0v) is 14.5. The van der Waals surface area contributed by atoms with Crippen molar-refractivity contribution in [1.82, 2.24) is 15.1 Å². The number of benzene rings is 2. The standard InChI is InChI=1S/C20H19N3O3/c1-20(19(25)26,17-9-4-3-5-10-17)22-18(24)15-8-6-7-14(11-15)16-12-21-23(2)13-16/h3-13H,1-2H3,(H,22,24)(H,25,26). The van der Waals surface area contributed by atoms with Crippen LogP contribution in [-0.2, 0) is 17.4 Å². The Kier molecular flexibility index (Phi) is 4.58. The molecule has 2 aromatic carbocycles. The van der Waals surface area contributed by atoms with Crippen LogP contribution in [0.3, 0.4) is 0 Å². The number of nitrogens with one attached hydrogen (secondary N) is 1. The molecule has 2 N–H and O–H groups in total. The second-order valence-corrected chi connectivity index (χ2v) is 6.23. The Labute approximate surface area is 151 Å². The molecule has 132 valence electrons. The Morgan fingerprint density at radius 1 is 1.08 bits per heavy atom. The van der Waals surface area contributed by atoms with E-state index in [1.807, 2.05) is 19.3 Å². The Morgan fingerprint density at radius 2 is 1.81 bits per heavy atom. The summed E-state index contributed by atoms with van der Waals surface area (Å²) >= 11 is 0. The van der Waals surface area contributed by atoms with Crippen molar-refractivity contribution >= 4 is 11.9 Å². The Morgan fingerprint density at radius 3 is 2.42 bits per heavy atom. The number of carboxylic acid groups (broad SMARTS) is 1. The highest BCUT2D eigenvalue weighted by Gasteiger charge is 2.37. The van der Waals surface area contributed by atoms with Crippen LogP contribution >= 0.6 is 0 Å². The molecule has 3 aromatic rings. The van der Waals surface area contributed by atoms with E-state index in [2.05, 4.69) is 10.4 Å². The van der Waals surface area contributed by atoms with Gasteiger partial charge >= 0.3 is 5.97 Å². The topological polar surface area (TPSA) is 84.2 Å². The summed E-state index contributed by atoms with van der Waals surface area (Å²) in [6.45, 7) is 1.48. The second-order valence-electron chi connectivity index (χ2n) is 6.23. The summed E-state index contributed by atoms with van der Waals surface area (Å²) in [7, 11) is 1.82. The zero-order chi connectivity index (χ0) is 18.7. The van der Waals surface area contributed by atoms with Gasteiger partial charge in [-0.15, -0.1) is 0 Å². The number of hydrogen-bond acceptors (Lipinski definition) is 3. The third kappa shape index (κ3) is 3.35. The number of nitrogens with zero attached hydrogens (tertiary/aromatic N) is 2. The van der Waals surface area contributed by atoms with Gasteiger partial charge in [0.1, 0.15) is 0 Å². The molecule has 0 saturated heterocycles. The van der Waals surface area contributed by atoms with Gasteiger partial charge in [-0.25, -0.2) is 4.79 Å². The van der Waals surface area contributed by atoms with E-state index in [1.165, 1.54) is 6.92 Å². The van der Waals surface area contributed by atoms with E-state index in [0.717, 1.165) is 11.1 Å². The number of amides is 1. The van der Waals surface area contributed by atoms with E-state index in [1.54, 1.807) is 59.4 Å². The van der Waals surface area contributed by atoms with Crippen LogP contribution in [0.1, 0.15) is 22.8 Å². The monoisotopic (exact) mass is 349 g/mol. The minimum absolute atomic E-state index is 0.384. The van der Waals surface area contributed by atoms with Crippen molar-refractivity contribution in [2.45, 2.75) is 12.5 Å². The Balaban J connectivity index is 1.90. The lowest BCUT2D eigenvalue weighted by Gasteiger charge is -2.27. The maximum atomic E-state index is 12.7. The number of carbonyl (C=O) groups excluding carboxylic acids is 1. The summed E-state index contributed by atoms with van der Waals surface area (Å²) in [6.07, 6.45) is 3.56. The van der Waals surface area contributed by atoms with Gasteiger partial charge in [-0.05, 0) is 30.2 Å². The fourth-order valence-electron chi connectivity index (χ4n) is 2.73. The van der Waals surface area contributed by atoms with Gasteiger partial charge in [-0.1, -0.05) is 42.5 Å². The van der Waals surface area contributed by atoms with Gasteiger partial charge in [0.2, 0.25) is 0 Å². The Hall–Kier alpha value is -3.41. The SMILES string of the molecule is Cn1cc(-c2cccc(C(=O)NC(C)(C(=O)O)c3ccccc3)c2)cn1. The van der Waals surface area contributed by atoms with Crippen LogP contribution in [0, 0.1) is 0 Å². The molecule has 1 unspecified atom stereocenters. The first kappa shape index (κ1) is 17.4. The van der Waals surface area contributed by atoms with Crippen LogP contribution in [0.25, 0.3) is 11.1 Å². The highest BCUT2D eigenvalue weighted by Crippen LogP contribution is 2.23. The second kappa shape index (κ2) is 6.84. The molecule has 3 rings (SSSR count). The first-order chi connectivity index (χ1) is 12.4. The number of aromatic nitrogens is 2. The molecule has 0 fully saturated rings. The van der Waals surface area contributed by atoms with E-state index in [4.69, 9.17) is 0 Å². The van der Waals surface area contributed by atoms with Gasteiger partial charge in [0, 0.05) is 24.4 Å². The van der Waals surface area contributed by atoms with Crippen LogP contribution in [0.4, 0.5) is 0 Å². The van der Waals surface area contributed by atoms with E-state index in [9.17, 15) is 14.7 Å². The number of rotatable bonds is 5. The maximum absolute atomic E-state index is 12.7. The molecule has 1 amide bonds. The lowest BCUT2D eigenvalue weighted by Crippen LogP contribution is -2.49. The molecule has 0 radical (unpaired) electrons. The number of aliphatic carboxylic acids is 1. The highest BCUT2D eigenvalue weighted by molar-refractivity contribution is 5.99. The number of aryl methyl sites for hydroxylation is 1. The summed E-state index contributed by atoms with van der Waals surface area (Å²) in [5, 5.41) is 16.5. The summed E-state index contributed by atoms with van der Waals surface area (Å²) in [6, 6.07) is 15.7. The third-order valence-corrected chi connectivity index (χ3v) is 4.31. The maximum Gasteiger partial charge on any atom is 0.333 e. The van der Waals surface area contributed by atoms with Crippen molar-refractivity contribution in [2.75, 3.05) is 0 Å². The van der Waals surface area contributed by atoms with Crippen LogP contribution in [0.2, 0.25) is 0 Å². The fraction of sp³-hybridized carbons (Fsp3) is 0.150. The molecule has 0 aliphatic heterocycles. The van der Waals surface area contributed by atoms with Crippen molar-refractivity contribution in [3.63, 3.8) is 0 Å². The van der Waals surface area contributed by atoms with E-state index in [-0.39, 0.29) is 0 Å². The van der Waals surface area contributed by atoms with E-state index < -0.39 is 17.4 Å². The van der Waals surface area contributed by atoms with Crippen molar-refractivity contribution in [3.8, 4) is 11.1 Å². The van der Waals surface area contributed by atoms with Crippen LogP contribution in [-0.4, -0.2) is 26.8 Å². The molecular weight excluding hydrogens is 330 g/mol. The van der Waals surface area contributed by atoms with Gasteiger partial charge in [-0.3, -0.25) is 9.48 Å². The van der Waals surface area contributed by atoms with E-state index in [0.29, 0.717) is 11.1 Å². The number of carbonyl (C=O) groups is 2. The molecule has 0 bridgehead atoms. The van der Waals surface area contributed by atoms with Gasteiger partial charge in [0.05, 0.1) is 6.20 Å². The van der Waals surface area contributed by atoms with Crippen LogP contribution in [0.5, 0.6) is 0 Å². The zero-order valence-electron chi connectivity index (χ0n) is 14.5. The van der Waals surface area contributed by atoms with Crippen molar-refractivity contribution in [1.29, 1.82) is 0 Å². The molecule has 1 heterocycles. The Bertz CT molecular complexity index is 950. The minimum atomic E-state index is -1.53. The molecule has 0 spiro atoms. The predicted molar refractivity (Wildman–Crippen MR) is 97.5 cm³/mol. The molecular formula is C20H19N3O3.